The highest BCUT2D eigenvalue weighted by Crippen LogP contribution is 2.46. The van der Waals surface area contributed by atoms with Crippen molar-refractivity contribution in [2.75, 3.05) is 26.5 Å². The minimum atomic E-state index is -3.55. The lowest BCUT2D eigenvalue weighted by Gasteiger charge is -2.32. The summed E-state index contributed by atoms with van der Waals surface area (Å²) in [6, 6.07) is 4.86. The first-order chi connectivity index (χ1) is 19.7. The molecule has 1 saturated carbocycles. The molecule has 0 bridgehead atoms. The number of benzene rings is 1. The van der Waals surface area contributed by atoms with E-state index < -0.39 is 39.2 Å². The summed E-state index contributed by atoms with van der Waals surface area (Å²) < 4.78 is 44.8. The van der Waals surface area contributed by atoms with Gasteiger partial charge < -0.3 is 24.1 Å². The van der Waals surface area contributed by atoms with Gasteiger partial charge in [0, 0.05) is 40.6 Å². The number of esters is 1. The van der Waals surface area contributed by atoms with Crippen molar-refractivity contribution in [2.45, 2.75) is 64.8 Å². The Kier molecular flexibility index (Phi) is 7.88. The fourth-order valence-corrected chi connectivity index (χ4v) is 7.20. The topological polar surface area (TPSA) is 133 Å². The molecule has 1 fully saturated rings. The first-order valence-electron chi connectivity index (χ1n) is 13.7. The van der Waals surface area contributed by atoms with Gasteiger partial charge in [0.05, 0.1) is 36.9 Å². The summed E-state index contributed by atoms with van der Waals surface area (Å²) in [6.07, 6.45) is 3.87. The molecular formula is C29H35N3O8S2. The van der Waals surface area contributed by atoms with Gasteiger partial charge in [0.25, 0.3) is 0 Å². The zero-order valence-corrected chi connectivity index (χ0v) is 26.1. The van der Waals surface area contributed by atoms with Gasteiger partial charge in [-0.25, -0.2) is 18.0 Å². The monoisotopic (exact) mass is 617 g/mol. The maximum atomic E-state index is 13.4. The van der Waals surface area contributed by atoms with E-state index in [1.807, 2.05) is 10.6 Å². The molecular weight excluding hydrogens is 582 g/mol. The Bertz CT molecular complexity index is 1730. The third kappa shape index (κ3) is 5.90. The number of carbonyl (C=O) groups is 2. The molecule has 1 atom stereocenters. The number of hydrogen-bond acceptors (Lipinski definition) is 9. The van der Waals surface area contributed by atoms with Crippen LogP contribution in [0.5, 0.6) is 5.75 Å². The number of alkyl carbamates (subject to hydrolysis) is 1. The number of methoxy groups -OCH3 is 1. The molecule has 1 N–H and O–H groups in total. The van der Waals surface area contributed by atoms with Crippen molar-refractivity contribution in [1.82, 2.24) is 14.2 Å². The third-order valence-corrected chi connectivity index (χ3v) is 9.64. The molecule has 226 valence electrons. The number of aromatic nitrogens is 1. The van der Waals surface area contributed by atoms with Gasteiger partial charge in [-0.05, 0) is 64.3 Å². The van der Waals surface area contributed by atoms with Crippen molar-refractivity contribution >= 4 is 44.3 Å². The Hall–Kier alpha value is -3.42. The highest BCUT2D eigenvalue weighted by atomic mass is 32.2. The number of amides is 1. The van der Waals surface area contributed by atoms with Crippen LogP contribution in [0.4, 0.5) is 4.79 Å². The van der Waals surface area contributed by atoms with Crippen LogP contribution in [0.25, 0.3) is 21.3 Å². The Morgan fingerprint density at radius 2 is 1.90 bits per heavy atom. The summed E-state index contributed by atoms with van der Waals surface area (Å²) in [5.74, 6) is -0.186. The zero-order valence-electron chi connectivity index (χ0n) is 24.5. The number of hydrogen-bond donors (Lipinski definition) is 1. The summed E-state index contributed by atoms with van der Waals surface area (Å²) in [6.45, 7) is 7.35. The quantitative estimate of drug-likeness (QED) is 0.381. The van der Waals surface area contributed by atoms with Crippen molar-refractivity contribution in [3.05, 3.63) is 50.6 Å². The molecule has 1 aromatic carbocycles. The largest absolute Gasteiger partial charge is 0.494 e. The fourth-order valence-electron chi connectivity index (χ4n) is 5.16. The van der Waals surface area contributed by atoms with E-state index in [4.69, 9.17) is 14.2 Å². The molecule has 0 spiro atoms. The highest BCUT2D eigenvalue weighted by Gasteiger charge is 2.35. The van der Waals surface area contributed by atoms with Crippen LogP contribution in [0.1, 0.15) is 73.4 Å². The molecule has 3 heterocycles. The minimum absolute atomic E-state index is 0.0189. The van der Waals surface area contributed by atoms with Crippen molar-refractivity contribution in [2.24, 2.45) is 0 Å². The smallest absolute Gasteiger partial charge is 0.408 e. The van der Waals surface area contributed by atoms with Crippen LogP contribution >= 0.6 is 11.3 Å². The van der Waals surface area contributed by atoms with Gasteiger partial charge >= 0.3 is 12.1 Å². The molecule has 5 rings (SSSR count). The normalized spacial score (nSPS) is 17.5. The van der Waals surface area contributed by atoms with Crippen molar-refractivity contribution in [3.8, 4) is 16.2 Å². The molecule has 1 amide bonds. The summed E-state index contributed by atoms with van der Waals surface area (Å²) in [5, 5.41) is 3.20. The predicted octanol–water partition coefficient (Wildman–Crippen LogP) is 4.59. The van der Waals surface area contributed by atoms with Crippen LogP contribution < -0.4 is 15.5 Å². The number of carbonyl (C=O) groups excluding carboxylic acids is 2. The molecule has 0 saturated heterocycles. The molecule has 1 unspecified atom stereocenters. The molecule has 42 heavy (non-hydrogen) atoms. The van der Waals surface area contributed by atoms with E-state index in [0.717, 1.165) is 34.4 Å². The van der Waals surface area contributed by atoms with E-state index in [1.165, 1.54) is 22.8 Å². The SMILES string of the molecule is CCOC(=O)c1cn(C2CC2)c2c(OC)c(-c3cc4c(s3)C(NC(=O)OC(C)(C)C)CN(S(C)(=O)=O)C4)ccc2c1=O. The van der Waals surface area contributed by atoms with E-state index in [0.29, 0.717) is 22.2 Å². The van der Waals surface area contributed by atoms with E-state index in [-0.39, 0.29) is 31.3 Å². The lowest BCUT2D eigenvalue weighted by molar-refractivity contribution is 0.0491. The van der Waals surface area contributed by atoms with E-state index in [9.17, 15) is 22.8 Å². The van der Waals surface area contributed by atoms with Crippen LogP contribution in [-0.4, -0.2) is 61.5 Å². The molecule has 11 nitrogen and oxygen atoms in total. The van der Waals surface area contributed by atoms with Gasteiger partial charge in [-0.15, -0.1) is 11.3 Å². The predicted molar refractivity (Wildman–Crippen MR) is 160 cm³/mol. The first kappa shape index (κ1) is 30.1. The second-order valence-electron chi connectivity index (χ2n) is 11.5. The first-order valence-corrected chi connectivity index (χ1v) is 16.4. The number of nitrogens with zero attached hydrogens (tertiary/aromatic N) is 2. The van der Waals surface area contributed by atoms with Gasteiger partial charge in [-0.3, -0.25) is 4.79 Å². The van der Waals surface area contributed by atoms with Crippen LogP contribution in [-0.2, 0) is 26.0 Å². The van der Waals surface area contributed by atoms with Crippen LogP contribution in [0.2, 0.25) is 0 Å². The van der Waals surface area contributed by atoms with Crippen LogP contribution in [0.3, 0.4) is 0 Å². The third-order valence-electron chi connectivity index (χ3n) is 7.10. The summed E-state index contributed by atoms with van der Waals surface area (Å²) in [4.78, 5) is 40.3. The molecule has 1 aliphatic heterocycles. The fraction of sp³-hybridized carbons (Fsp3) is 0.483. The molecule has 0 radical (unpaired) electrons. The minimum Gasteiger partial charge on any atom is -0.494 e. The number of pyridine rings is 1. The van der Waals surface area contributed by atoms with Crippen molar-refractivity contribution in [3.63, 3.8) is 0 Å². The van der Waals surface area contributed by atoms with E-state index >= 15 is 0 Å². The average molecular weight is 618 g/mol. The maximum absolute atomic E-state index is 13.4. The maximum Gasteiger partial charge on any atom is 0.408 e. The summed E-state index contributed by atoms with van der Waals surface area (Å²) in [5.41, 5.74) is 0.886. The van der Waals surface area contributed by atoms with Gasteiger partial charge in [-0.1, -0.05) is 0 Å². The summed E-state index contributed by atoms with van der Waals surface area (Å²) in [7, 11) is -2.02. The second-order valence-corrected chi connectivity index (χ2v) is 14.6. The van der Waals surface area contributed by atoms with Gasteiger partial charge in [0.15, 0.2) is 5.75 Å². The number of rotatable bonds is 7. The molecule has 1 aliphatic carbocycles. The number of sulfonamides is 1. The lowest BCUT2D eigenvalue weighted by Crippen LogP contribution is -2.44. The number of nitrogens with one attached hydrogen (secondary N) is 1. The second kappa shape index (κ2) is 11.0. The van der Waals surface area contributed by atoms with Gasteiger partial charge in [0.1, 0.15) is 11.2 Å². The molecule has 2 aromatic heterocycles. The van der Waals surface area contributed by atoms with E-state index in [2.05, 4.69) is 5.32 Å². The Balaban J connectivity index is 1.63. The highest BCUT2D eigenvalue weighted by molar-refractivity contribution is 7.88. The summed E-state index contributed by atoms with van der Waals surface area (Å²) >= 11 is 1.42. The average Bonchev–Trinajstić information content (AvgIpc) is 3.64. The Labute approximate surface area is 248 Å². The Morgan fingerprint density at radius 1 is 1.19 bits per heavy atom. The van der Waals surface area contributed by atoms with Crippen LogP contribution in [0, 0.1) is 0 Å². The van der Waals surface area contributed by atoms with Crippen LogP contribution in [0.15, 0.2) is 29.2 Å². The van der Waals surface area contributed by atoms with E-state index in [1.54, 1.807) is 46.0 Å². The molecule has 13 heteroatoms. The number of thiophene rings is 1. The number of ether oxygens (including phenoxy) is 3. The Morgan fingerprint density at radius 3 is 2.50 bits per heavy atom. The van der Waals surface area contributed by atoms with Gasteiger partial charge in [0.2, 0.25) is 15.5 Å². The molecule has 2 aliphatic rings. The zero-order chi connectivity index (χ0) is 30.6. The lowest BCUT2D eigenvalue weighted by atomic mass is 10.0. The van der Waals surface area contributed by atoms with Crippen molar-refractivity contribution in [1.29, 1.82) is 0 Å². The van der Waals surface area contributed by atoms with Gasteiger partial charge in [-0.2, -0.15) is 4.31 Å². The molecule has 3 aromatic rings. The standard InChI is InChI=1S/C29H35N3O8S2/c1-7-39-27(34)20-14-32(17-8-9-17)23-19(24(20)33)11-10-18(25(23)38-5)22-12-16-13-31(42(6,36)37)15-21(26(16)41-22)30-28(35)40-29(2,3)4/h10-12,14,17,21H,7-9,13,15H2,1-6H3,(H,30,35). The number of fused-ring (bicyclic) bond motifs is 2. The van der Waals surface area contributed by atoms with Crippen molar-refractivity contribution < 1.29 is 32.2 Å².